The summed E-state index contributed by atoms with van der Waals surface area (Å²) in [6.07, 6.45) is 3.90. The van der Waals surface area contributed by atoms with Gasteiger partial charge in [-0.05, 0) is 25.7 Å². The largest absolute Gasteiger partial charge is 0.493 e. The molecule has 2 amide bonds. The van der Waals surface area contributed by atoms with Gasteiger partial charge in [0.05, 0.1) is 27.0 Å². The molecular weight excluding hydrogens is 364 g/mol. The number of carbonyl (C=O) groups is 1. The molecular formula is C19H24N4O5. The lowest BCUT2D eigenvalue weighted by molar-refractivity contribution is 0.193. The van der Waals surface area contributed by atoms with Crippen LogP contribution >= 0.6 is 0 Å². The van der Waals surface area contributed by atoms with Gasteiger partial charge in [0.1, 0.15) is 6.04 Å². The molecule has 1 unspecified atom stereocenters. The van der Waals surface area contributed by atoms with Gasteiger partial charge < -0.3 is 29.0 Å². The molecule has 0 radical (unpaired) electrons. The zero-order valence-corrected chi connectivity index (χ0v) is 16.2. The Balaban J connectivity index is 1.52. The van der Waals surface area contributed by atoms with Crippen molar-refractivity contribution >= 4 is 11.7 Å². The molecule has 0 spiro atoms. The summed E-state index contributed by atoms with van der Waals surface area (Å²) in [7, 11) is 4.60. The Morgan fingerprint density at radius 3 is 2.46 bits per heavy atom. The van der Waals surface area contributed by atoms with E-state index in [0.29, 0.717) is 41.3 Å². The van der Waals surface area contributed by atoms with Crippen molar-refractivity contribution in [3.8, 4) is 17.2 Å². The van der Waals surface area contributed by atoms with E-state index >= 15 is 0 Å². The summed E-state index contributed by atoms with van der Waals surface area (Å²) in [4.78, 5) is 19.2. The number of hydrogen-bond acceptors (Lipinski definition) is 7. The number of nitrogens with one attached hydrogen (secondary N) is 1. The number of hydrogen-bond donors (Lipinski definition) is 1. The highest BCUT2D eigenvalue weighted by atomic mass is 16.5. The van der Waals surface area contributed by atoms with Crippen molar-refractivity contribution < 1.29 is 23.5 Å². The molecule has 1 aromatic heterocycles. The predicted octanol–water partition coefficient (Wildman–Crippen LogP) is 3.34. The highest BCUT2D eigenvalue weighted by Gasteiger charge is 2.36. The first-order valence-corrected chi connectivity index (χ1v) is 9.35. The summed E-state index contributed by atoms with van der Waals surface area (Å²) < 4.78 is 21.5. The topological polar surface area (TPSA) is 99.0 Å². The third-order valence-corrected chi connectivity index (χ3v) is 5.11. The number of amides is 2. The summed E-state index contributed by atoms with van der Waals surface area (Å²) in [5.41, 5.74) is 0.550. The van der Waals surface area contributed by atoms with Crippen molar-refractivity contribution in [2.24, 2.45) is 0 Å². The maximum atomic E-state index is 12.9. The van der Waals surface area contributed by atoms with Crippen LogP contribution in [0.1, 0.15) is 49.4 Å². The first-order valence-electron chi connectivity index (χ1n) is 9.35. The van der Waals surface area contributed by atoms with E-state index in [-0.39, 0.29) is 12.1 Å². The average Bonchev–Trinajstić information content (AvgIpc) is 3.24. The molecule has 2 aliphatic rings. The molecule has 9 heteroatoms. The van der Waals surface area contributed by atoms with Crippen molar-refractivity contribution in [1.29, 1.82) is 0 Å². The van der Waals surface area contributed by atoms with Gasteiger partial charge in [0.2, 0.25) is 11.6 Å². The van der Waals surface area contributed by atoms with Crippen molar-refractivity contribution in [3.05, 3.63) is 23.8 Å². The Morgan fingerprint density at radius 2 is 1.86 bits per heavy atom. The van der Waals surface area contributed by atoms with Gasteiger partial charge in [-0.3, -0.25) is 0 Å². The Morgan fingerprint density at radius 1 is 1.14 bits per heavy atom. The van der Waals surface area contributed by atoms with Crippen molar-refractivity contribution in [1.82, 2.24) is 15.0 Å². The van der Waals surface area contributed by atoms with E-state index in [1.165, 1.54) is 21.3 Å². The normalized spacial score (nSPS) is 18.8. The van der Waals surface area contributed by atoms with Crippen molar-refractivity contribution in [2.45, 2.75) is 37.6 Å². The second kappa shape index (κ2) is 7.57. The molecule has 1 N–H and O–H groups in total. The Kier molecular flexibility index (Phi) is 4.97. The Labute approximate surface area is 162 Å². The summed E-state index contributed by atoms with van der Waals surface area (Å²) in [6, 6.07) is 2.95. The van der Waals surface area contributed by atoms with Gasteiger partial charge in [0, 0.05) is 24.6 Å². The number of methoxy groups -OCH3 is 3. The van der Waals surface area contributed by atoms with Gasteiger partial charge in [0.25, 0.3) is 0 Å². The highest BCUT2D eigenvalue weighted by Crippen LogP contribution is 2.41. The lowest BCUT2D eigenvalue weighted by Gasteiger charge is -2.23. The number of ether oxygens (including phenoxy) is 3. The lowest BCUT2D eigenvalue weighted by Crippen LogP contribution is -2.34. The summed E-state index contributed by atoms with van der Waals surface area (Å²) >= 11 is 0. The third kappa shape index (κ3) is 3.44. The van der Waals surface area contributed by atoms with Crippen LogP contribution in [0.25, 0.3) is 0 Å². The summed E-state index contributed by atoms with van der Waals surface area (Å²) in [5.74, 6) is 3.11. The van der Waals surface area contributed by atoms with Gasteiger partial charge in [-0.25, -0.2) is 4.79 Å². The maximum absolute atomic E-state index is 12.9. The van der Waals surface area contributed by atoms with Crippen molar-refractivity contribution in [3.63, 3.8) is 0 Å². The Bertz CT molecular complexity index is 839. The molecule has 1 atom stereocenters. The minimum atomic E-state index is -0.233. The molecule has 1 saturated heterocycles. The van der Waals surface area contributed by atoms with Crippen LogP contribution in [0.4, 0.5) is 10.5 Å². The minimum absolute atomic E-state index is 0.206. The molecule has 0 bridgehead atoms. The number of benzene rings is 1. The smallest absolute Gasteiger partial charge is 0.322 e. The predicted molar refractivity (Wildman–Crippen MR) is 100 cm³/mol. The van der Waals surface area contributed by atoms with Gasteiger partial charge in [-0.2, -0.15) is 4.98 Å². The van der Waals surface area contributed by atoms with E-state index in [9.17, 15) is 4.79 Å². The number of rotatable bonds is 6. The number of nitrogens with zero attached hydrogens (tertiary/aromatic N) is 3. The first-order chi connectivity index (χ1) is 13.6. The van der Waals surface area contributed by atoms with Crippen LogP contribution in [0.3, 0.4) is 0 Å². The molecule has 9 nitrogen and oxygen atoms in total. The molecule has 1 aliphatic carbocycles. The molecule has 28 heavy (non-hydrogen) atoms. The van der Waals surface area contributed by atoms with Crippen molar-refractivity contribution in [2.75, 3.05) is 33.2 Å². The van der Waals surface area contributed by atoms with Gasteiger partial charge in [-0.15, -0.1) is 0 Å². The molecule has 150 valence electrons. The van der Waals surface area contributed by atoms with Crippen LogP contribution in [-0.2, 0) is 0 Å². The molecule has 2 heterocycles. The first kappa shape index (κ1) is 18.4. The second-order valence-electron chi connectivity index (χ2n) is 6.96. The van der Waals surface area contributed by atoms with Crippen LogP contribution in [-0.4, -0.2) is 48.9 Å². The van der Waals surface area contributed by atoms with E-state index in [0.717, 1.165) is 31.5 Å². The highest BCUT2D eigenvalue weighted by molar-refractivity contribution is 5.90. The van der Waals surface area contributed by atoms with Gasteiger partial charge >= 0.3 is 6.03 Å². The van der Waals surface area contributed by atoms with E-state index in [1.807, 2.05) is 0 Å². The van der Waals surface area contributed by atoms with E-state index in [4.69, 9.17) is 18.7 Å². The van der Waals surface area contributed by atoms with Crippen LogP contribution in [0, 0.1) is 0 Å². The maximum Gasteiger partial charge on any atom is 0.322 e. The van der Waals surface area contributed by atoms with Crippen LogP contribution < -0.4 is 19.5 Å². The molecule has 2 fully saturated rings. The number of likely N-dealkylation sites (tertiary alicyclic amines) is 1. The molecule has 4 rings (SSSR count). The fourth-order valence-electron chi connectivity index (χ4n) is 3.51. The summed E-state index contributed by atoms with van der Waals surface area (Å²) in [5, 5.41) is 6.98. The average molecular weight is 388 g/mol. The van der Waals surface area contributed by atoms with Crippen LogP contribution in [0.2, 0.25) is 0 Å². The van der Waals surface area contributed by atoms with E-state index < -0.39 is 0 Å². The minimum Gasteiger partial charge on any atom is -0.493 e. The quantitative estimate of drug-likeness (QED) is 0.810. The standard InChI is InChI=1S/C19H24N4O5/c1-25-14-9-12(10-15(26-2)16(14)27-3)20-19(24)23-8-4-5-13(23)18-21-17(22-28-18)11-6-7-11/h9-11,13H,4-8H2,1-3H3,(H,20,24). The number of anilines is 1. The van der Waals surface area contributed by atoms with Crippen LogP contribution in [0.15, 0.2) is 16.7 Å². The summed E-state index contributed by atoms with van der Waals surface area (Å²) in [6.45, 7) is 0.627. The molecule has 1 saturated carbocycles. The monoisotopic (exact) mass is 388 g/mol. The lowest BCUT2D eigenvalue weighted by atomic mass is 10.2. The second-order valence-corrected chi connectivity index (χ2v) is 6.96. The third-order valence-electron chi connectivity index (χ3n) is 5.11. The zero-order valence-electron chi connectivity index (χ0n) is 16.2. The zero-order chi connectivity index (χ0) is 19.7. The van der Waals surface area contributed by atoms with E-state index in [1.54, 1.807) is 17.0 Å². The SMILES string of the molecule is COc1cc(NC(=O)N2CCCC2c2nc(C3CC3)no2)cc(OC)c1OC. The van der Waals surface area contributed by atoms with Gasteiger partial charge in [-0.1, -0.05) is 5.16 Å². The fraction of sp³-hybridized carbons (Fsp3) is 0.526. The molecule has 1 aliphatic heterocycles. The van der Waals surface area contributed by atoms with Gasteiger partial charge in [0.15, 0.2) is 17.3 Å². The van der Waals surface area contributed by atoms with Crippen LogP contribution in [0.5, 0.6) is 17.2 Å². The Hall–Kier alpha value is -2.97. The number of urea groups is 1. The fourth-order valence-corrected chi connectivity index (χ4v) is 3.51. The number of carbonyl (C=O) groups excluding carboxylic acids is 1. The number of aromatic nitrogens is 2. The molecule has 2 aromatic rings. The van der Waals surface area contributed by atoms with E-state index in [2.05, 4.69) is 15.5 Å². The molecule has 1 aromatic carbocycles.